The molecule has 0 amide bonds. The summed E-state index contributed by atoms with van der Waals surface area (Å²) in [6, 6.07) is 4.67. The standard InChI is InChI=1S/C11H11F3O/c1-2-4-10(15)8-5-3-6-9(7-8)11(12,13)14/h2-3,5-7,10,15H,1,4H2. The second-order valence-electron chi connectivity index (χ2n) is 3.16. The van der Waals surface area contributed by atoms with Gasteiger partial charge in [0, 0.05) is 0 Å². The fourth-order valence-corrected chi connectivity index (χ4v) is 1.22. The molecular weight excluding hydrogens is 205 g/mol. The molecule has 1 aromatic rings. The van der Waals surface area contributed by atoms with E-state index >= 15 is 0 Å². The van der Waals surface area contributed by atoms with E-state index in [9.17, 15) is 18.3 Å². The third-order valence-corrected chi connectivity index (χ3v) is 1.99. The Morgan fingerprint density at radius 2 is 2.07 bits per heavy atom. The van der Waals surface area contributed by atoms with E-state index in [4.69, 9.17) is 0 Å². The summed E-state index contributed by atoms with van der Waals surface area (Å²) < 4.78 is 36.9. The Hall–Kier alpha value is -1.29. The number of hydrogen-bond donors (Lipinski definition) is 1. The topological polar surface area (TPSA) is 20.2 Å². The van der Waals surface area contributed by atoms with Crippen LogP contribution < -0.4 is 0 Å². The van der Waals surface area contributed by atoms with Gasteiger partial charge in [0.2, 0.25) is 0 Å². The summed E-state index contributed by atoms with van der Waals surface area (Å²) in [5, 5.41) is 9.47. The van der Waals surface area contributed by atoms with Crippen molar-refractivity contribution >= 4 is 0 Å². The molecule has 0 bridgehead atoms. The Morgan fingerprint density at radius 1 is 1.40 bits per heavy atom. The minimum atomic E-state index is -4.37. The molecule has 0 radical (unpaired) electrons. The van der Waals surface area contributed by atoms with E-state index in [0.717, 1.165) is 12.1 Å². The smallest absolute Gasteiger partial charge is 0.388 e. The van der Waals surface area contributed by atoms with Gasteiger partial charge in [-0.2, -0.15) is 13.2 Å². The van der Waals surface area contributed by atoms with Crippen LogP contribution in [0, 0.1) is 0 Å². The highest BCUT2D eigenvalue weighted by molar-refractivity contribution is 5.27. The maximum Gasteiger partial charge on any atom is 0.416 e. The van der Waals surface area contributed by atoms with Crippen molar-refractivity contribution in [1.29, 1.82) is 0 Å². The van der Waals surface area contributed by atoms with Gasteiger partial charge in [0.25, 0.3) is 0 Å². The second kappa shape index (κ2) is 4.49. The normalized spacial score (nSPS) is 13.6. The van der Waals surface area contributed by atoms with Gasteiger partial charge >= 0.3 is 6.18 Å². The zero-order valence-corrected chi connectivity index (χ0v) is 7.96. The van der Waals surface area contributed by atoms with Crippen molar-refractivity contribution in [2.24, 2.45) is 0 Å². The molecule has 1 unspecified atom stereocenters. The Bertz CT molecular complexity index is 344. The fraction of sp³-hybridized carbons (Fsp3) is 0.273. The van der Waals surface area contributed by atoms with E-state index in [2.05, 4.69) is 6.58 Å². The lowest BCUT2D eigenvalue weighted by Gasteiger charge is -2.11. The first-order valence-electron chi connectivity index (χ1n) is 4.41. The summed E-state index contributed by atoms with van der Waals surface area (Å²) >= 11 is 0. The molecule has 1 rings (SSSR count). The van der Waals surface area contributed by atoms with E-state index in [1.54, 1.807) is 0 Å². The van der Waals surface area contributed by atoms with Gasteiger partial charge in [-0.1, -0.05) is 18.2 Å². The molecule has 15 heavy (non-hydrogen) atoms. The van der Waals surface area contributed by atoms with Gasteiger partial charge < -0.3 is 5.11 Å². The highest BCUT2D eigenvalue weighted by Crippen LogP contribution is 2.31. The largest absolute Gasteiger partial charge is 0.416 e. The molecule has 1 nitrogen and oxygen atoms in total. The van der Waals surface area contributed by atoms with Crippen LogP contribution in [0.15, 0.2) is 36.9 Å². The summed E-state index contributed by atoms with van der Waals surface area (Å²) in [7, 11) is 0. The van der Waals surface area contributed by atoms with Crippen molar-refractivity contribution in [3.63, 3.8) is 0 Å². The third kappa shape index (κ3) is 3.09. The van der Waals surface area contributed by atoms with Gasteiger partial charge in [-0.25, -0.2) is 0 Å². The van der Waals surface area contributed by atoms with Crippen molar-refractivity contribution in [3.8, 4) is 0 Å². The van der Waals surface area contributed by atoms with Gasteiger partial charge in [0.15, 0.2) is 0 Å². The zero-order valence-electron chi connectivity index (χ0n) is 7.96. The summed E-state index contributed by atoms with van der Waals surface area (Å²) in [5.74, 6) is 0. The van der Waals surface area contributed by atoms with E-state index < -0.39 is 17.8 Å². The van der Waals surface area contributed by atoms with Crippen molar-refractivity contribution in [3.05, 3.63) is 48.0 Å². The number of alkyl halides is 3. The second-order valence-corrected chi connectivity index (χ2v) is 3.16. The summed E-state index contributed by atoms with van der Waals surface area (Å²) in [4.78, 5) is 0. The van der Waals surface area contributed by atoms with Crippen LogP contribution in [0.25, 0.3) is 0 Å². The predicted molar refractivity (Wildman–Crippen MR) is 51.2 cm³/mol. The quantitative estimate of drug-likeness (QED) is 0.768. The molecular formula is C11H11F3O. The molecule has 1 atom stereocenters. The lowest BCUT2D eigenvalue weighted by molar-refractivity contribution is -0.137. The maximum atomic E-state index is 12.3. The SMILES string of the molecule is C=CCC(O)c1cccc(C(F)(F)F)c1. The van der Waals surface area contributed by atoms with Crippen LogP contribution >= 0.6 is 0 Å². The van der Waals surface area contributed by atoms with Crippen molar-refractivity contribution in [2.45, 2.75) is 18.7 Å². The van der Waals surface area contributed by atoms with E-state index in [-0.39, 0.29) is 12.0 Å². The van der Waals surface area contributed by atoms with Gasteiger partial charge in [0.05, 0.1) is 11.7 Å². The van der Waals surface area contributed by atoms with Crippen molar-refractivity contribution in [1.82, 2.24) is 0 Å². The van der Waals surface area contributed by atoms with E-state index in [1.165, 1.54) is 18.2 Å². The predicted octanol–water partition coefficient (Wildman–Crippen LogP) is 3.31. The van der Waals surface area contributed by atoms with Crippen LogP contribution in [-0.4, -0.2) is 5.11 Å². The molecule has 0 fully saturated rings. The maximum absolute atomic E-state index is 12.3. The third-order valence-electron chi connectivity index (χ3n) is 1.99. The molecule has 0 spiro atoms. The minimum Gasteiger partial charge on any atom is -0.388 e. The monoisotopic (exact) mass is 216 g/mol. The first kappa shape index (κ1) is 11.8. The average molecular weight is 216 g/mol. The first-order chi connectivity index (χ1) is 6.95. The summed E-state index contributed by atoms with van der Waals surface area (Å²) in [6.45, 7) is 3.42. The molecule has 0 saturated carbocycles. The molecule has 0 heterocycles. The first-order valence-corrected chi connectivity index (χ1v) is 4.41. The molecule has 0 aromatic heterocycles. The zero-order chi connectivity index (χ0) is 11.5. The Morgan fingerprint density at radius 3 is 2.60 bits per heavy atom. The fourth-order valence-electron chi connectivity index (χ4n) is 1.22. The van der Waals surface area contributed by atoms with Gasteiger partial charge in [-0.3, -0.25) is 0 Å². The van der Waals surface area contributed by atoms with Gasteiger partial charge in [-0.05, 0) is 24.1 Å². The molecule has 4 heteroatoms. The lowest BCUT2D eigenvalue weighted by atomic mass is 10.0. The van der Waals surface area contributed by atoms with Gasteiger partial charge in [0.1, 0.15) is 0 Å². The lowest BCUT2D eigenvalue weighted by Crippen LogP contribution is -2.06. The number of rotatable bonds is 3. The molecule has 0 aliphatic rings. The number of aliphatic hydroxyl groups excluding tert-OH is 1. The number of halogens is 3. The molecule has 1 N–H and O–H groups in total. The van der Waals surface area contributed by atoms with E-state index in [0.29, 0.717) is 0 Å². The van der Waals surface area contributed by atoms with Crippen molar-refractivity contribution < 1.29 is 18.3 Å². The van der Waals surface area contributed by atoms with Crippen LogP contribution in [0.1, 0.15) is 23.7 Å². The Kier molecular flexibility index (Phi) is 3.52. The molecule has 0 aliphatic carbocycles. The number of hydrogen-bond acceptors (Lipinski definition) is 1. The molecule has 0 aliphatic heterocycles. The van der Waals surface area contributed by atoms with Crippen molar-refractivity contribution in [2.75, 3.05) is 0 Å². The van der Waals surface area contributed by atoms with Crippen LogP contribution in [0.2, 0.25) is 0 Å². The van der Waals surface area contributed by atoms with Crippen LogP contribution in [0.5, 0.6) is 0 Å². The number of aliphatic hydroxyl groups is 1. The van der Waals surface area contributed by atoms with Crippen LogP contribution in [0.3, 0.4) is 0 Å². The van der Waals surface area contributed by atoms with E-state index in [1.807, 2.05) is 0 Å². The highest BCUT2D eigenvalue weighted by Gasteiger charge is 2.30. The molecule has 1 aromatic carbocycles. The highest BCUT2D eigenvalue weighted by atomic mass is 19.4. The van der Waals surface area contributed by atoms with Gasteiger partial charge in [-0.15, -0.1) is 6.58 Å². The van der Waals surface area contributed by atoms with Crippen LogP contribution in [0.4, 0.5) is 13.2 Å². The molecule has 82 valence electrons. The molecule has 0 saturated heterocycles. The average Bonchev–Trinajstić information content (AvgIpc) is 2.17. The Labute approximate surface area is 85.9 Å². The number of benzene rings is 1. The summed E-state index contributed by atoms with van der Waals surface area (Å²) in [6.07, 6.45) is -3.60. The minimum absolute atomic E-state index is 0.237. The summed E-state index contributed by atoms with van der Waals surface area (Å²) in [5.41, 5.74) is -0.493. The van der Waals surface area contributed by atoms with Crippen LogP contribution in [-0.2, 0) is 6.18 Å². The Balaban J connectivity index is 2.97.